The average molecular weight is 465 g/mol. The van der Waals surface area contributed by atoms with Crippen LogP contribution in [-0.2, 0) is 29.7 Å². The molecule has 0 fully saturated rings. The van der Waals surface area contributed by atoms with E-state index in [4.69, 9.17) is 27.2 Å². The maximum absolute atomic E-state index is 11.2. The Labute approximate surface area is 186 Å². The summed E-state index contributed by atoms with van der Waals surface area (Å²) in [6.45, 7) is 21.4. The molecule has 180 valence electrons. The van der Waals surface area contributed by atoms with Gasteiger partial charge in [0.05, 0.1) is 0 Å². The summed E-state index contributed by atoms with van der Waals surface area (Å²) in [6.07, 6.45) is 3.48. The number of carbonyl (C=O) groups excluding carboxylic acids is 2. The third-order valence-corrected chi connectivity index (χ3v) is 3.98. The second-order valence-electron chi connectivity index (χ2n) is 7.55. The number of quaternary nitrogens is 2. The topological polar surface area (TPSA) is 133 Å². The van der Waals surface area contributed by atoms with E-state index in [1.165, 1.54) is 0 Å². The molecule has 0 aromatic rings. The molecule has 0 aliphatic carbocycles. The SMILES string of the molecule is C=CC(C)[N+](C)(C)OC(=O)C(=C)C.C=CC(C)[N+](C)(C)OC(=O)C(=C)C.O=S(=O)([O-])[O-]. The highest BCUT2D eigenvalue weighted by molar-refractivity contribution is 7.79. The van der Waals surface area contributed by atoms with Crippen LogP contribution in [0.5, 0.6) is 0 Å². The number of likely N-dealkylation sites (N-methyl/N-ethyl adjacent to an activating group) is 2. The van der Waals surface area contributed by atoms with Crippen LogP contribution < -0.4 is 0 Å². The molecule has 0 heterocycles. The van der Waals surface area contributed by atoms with Crippen molar-refractivity contribution in [2.75, 3.05) is 28.2 Å². The van der Waals surface area contributed by atoms with Crippen molar-refractivity contribution >= 4 is 22.3 Å². The molecular formula is C20H36N2O8S. The summed E-state index contributed by atoms with van der Waals surface area (Å²) in [5.74, 6) is -0.752. The van der Waals surface area contributed by atoms with Crippen LogP contribution in [0, 0.1) is 0 Å². The first-order valence-corrected chi connectivity index (χ1v) is 10.3. The Hall–Kier alpha value is -2.31. The van der Waals surface area contributed by atoms with Crippen LogP contribution in [0.4, 0.5) is 0 Å². The Morgan fingerprint density at radius 3 is 1.13 bits per heavy atom. The first kappa shape index (κ1) is 33.3. The van der Waals surface area contributed by atoms with Crippen LogP contribution in [0.25, 0.3) is 0 Å². The van der Waals surface area contributed by atoms with Crippen molar-refractivity contribution < 1.29 is 46.1 Å². The van der Waals surface area contributed by atoms with Gasteiger partial charge in [-0.2, -0.15) is 0 Å². The monoisotopic (exact) mass is 464 g/mol. The molecule has 0 amide bonds. The minimum atomic E-state index is -5.17. The van der Waals surface area contributed by atoms with Crippen molar-refractivity contribution in [2.45, 2.75) is 39.8 Å². The predicted molar refractivity (Wildman–Crippen MR) is 116 cm³/mol. The van der Waals surface area contributed by atoms with E-state index in [2.05, 4.69) is 26.3 Å². The van der Waals surface area contributed by atoms with E-state index in [9.17, 15) is 9.59 Å². The van der Waals surface area contributed by atoms with Crippen LogP contribution >= 0.6 is 0 Å². The van der Waals surface area contributed by atoms with Gasteiger partial charge in [-0.3, -0.25) is 18.1 Å². The molecule has 0 rings (SSSR count). The molecule has 2 unspecified atom stereocenters. The van der Waals surface area contributed by atoms with Gasteiger partial charge in [0, 0.05) is 21.5 Å². The minimum Gasteiger partial charge on any atom is -0.759 e. The lowest BCUT2D eigenvalue weighted by Crippen LogP contribution is -2.47. The fraction of sp³-hybridized carbons (Fsp3) is 0.500. The van der Waals surface area contributed by atoms with Crippen molar-refractivity contribution in [3.8, 4) is 0 Å². The van der Waals surface area contributed by atoms with E-state index < -0.39 is 10.4 Å². The molecule has 0 saturated heterocycles. The first-order valence-electron chi connectivity index (χ1n) is 9.00. The normalized spacial score (nSPS) is 13.0. The lowest BCUT2D eigenvalue weighted by molar-refractivity contribution is -1.07. The highest BCUT2D eigenvalue weighted by Gasteiger charge is 2.28. The molecule has 0 bridgehead atoms. The third-order valence-electron chi connectivity index (χ3n) is 3.98. The van der Waals surface area contributed by atoms with Gasteiger partial charge in [0.25, 0.3) is 0 Å². The summed E-state index contributed by atoms with van der Waals surface area (Å²) in [7, 11) is 2.03. The van der Waals surface area contributed by atoms with Gasteiger partial charge in [-0.05, 0) is 39.8 Å². The molecule has 31 heavy (non-hydrogen) atoms. The first-order chi connectivity index (χ1) is 13.6. The molecule has 0 aliphatic heterocycles. The highest BCUT2D eigenvalue weighted by atomic mass is 32.3. The summed E-state index contributed by atoms with van der Waals surface area (Å²) >= 11 is 0. The number of hydroxylamine groups is 6. The number of hydrogen-bond donors (Lipinski definition) is 0. The Balaban J connectivity index is -0.000000416. The quantitative estimate of drug-likeness (QED) is 0.133. The average Bonchev–Trinajstić information content (AvgIpc) is 2.58. The van der Waals surface area contributed by atoms with E-state index in [-0.39, 0.29) is 33.3 Å². The summed E-state index contributed by atoms with van der Waals surface area (Å²) < 4.78 is 34.4. The van der Waals surface area contributed by atoms with Crippen LogP contribution in [0.2, 0.25) is 0 Å². The van der Waals surface area contributed by atoms with Crippen molar-refractivity contribution in [3.63, 3.8) is 0 Å². The molecule has 0 aromatic carbocycles. The van der Waals surface area contributed by atoms with Crippen LogP contribution in [0.3, 0.4) is 0 Å². The fourth-order valence-electron chi connectivity index (χ4n) is 1.26. The number of carbonyl (C=O) groups is 2. The molecule has 11 heteroatoms. The summed E-state index contributed by atoms with van der Waals surface area (Å²) in [6, 6.07) is 0.117. The zero-order chi connectivity index (χ0) is 25.8. The van der Waals surface area contributed by atoms with Gasteiger partial charge in [0.15, 0.2) is 0 Å². The fourth-order valence-corrected chi connectivity index (χ4v) is 1.26. The standard InChI is InChI=1S/2C10H18NO2.H2O4S/c2*1-7-9(4)11(5,6)13-10(12)8(2)3;1-5(2,3)4/h2*7,9H,1-2H2,3-6H3;(H2,1,2,3,4)/q2*+1;/p-2. The molecule has 0 aromatic heterocycles. The smallest absolute Gasteiger partial charge is 0.392 e. The van der Waals surface area contributed by atoms with Gasteiger partial charge < -0.3 is 9.11 Å². The molecule has 0 radical (unpaired) electrons. The summed E-state index contributed by atoms with van der Waals surface area (Å²) in [5.41, 5.74) is 0.810. The van der Waals surface area contributed by atoms with E-state index in [1.807, 2.05) is 13.8 Å². The molecular weight excluding hydrogens is 428 g/mol. The van der Waals surface area contributed by atoms with E-state index in [1.54, 1.807) is 54.2 Å². The van der Waals surface area contributed by atoms with Crippen LogP contribution in [-0.4, -0.2) is 79.0 Å². The minimum absolute atomic E-state index is 0.0586. The molecule has 2 atom stereocenters. The van der Waals surface area contributed by atoms with Crippen LogP contribution in [0.15, 0.2) is 49.6 Å². The largest absolute Gasteiger partial charge is 0.759 e. The molecule has 0 aliphatic rings. The van der Waals surface area contributed by atoms with Gasteiger partial charge in [0.1, 0.15) is 40.3 Å². The van der Waals surface area contributed by atoms with Gasteiger partial charge in [-0.1, -0.05) is 26.3 Å². The van der Waals surface area contributed by atoms with Crippen molar-refractivity contribution in [3.05, 3.63) is 49.6 Å². The number of rotatable bonds is 8. The van der Waals surface area contributed by atoms with Gasteiger partial charge in [-0.25, -0.2) is 9.59 Å². The van der Waals surface area contributed by atoms with Gasteiger partial charge in [-0.15, -0.1) is 9.29 Å². The van der Waals surface area contributed by atoms with Crippen molar-refractivity contribution in [1.29, 1.82) is 0 Å². The molecule has 0 spiro atoms. The Morgan fingerprint density at radius 2 is 1.00 bits per heavy atom. The maximum atomic E-state index is 11.2. The lowest BCUT2D eigenvalue weighted by atomic mass is 10.3. The zero-order valence-electron chi connectivity index (χ0n) is 19.7. The second-order valence-corrected chi connectivity index (χ2v) is 8.36. The van der Waals surface area contributed by atoms with Crippen molar-refractivity contribution in [1.82, 2.24) is 0 Å². The molecule has 10 nitrogen and oxygen atoms in total. The third kappa shape index (κ3) is 18.2. The zero-order valence-corrected chi connectivity index (χ0v) is 20.5. The predicted octanol–water partition coefficient (Wildman–Crippen LogP) is 2.01. The molecule has 0 N–H and O–H groups in total. The van der Waals surface area contributed by atoms with E-state index in [0.29, 0.717) is 11.1 Å². The summed E-state index contributed by atoms with van der Waals surface area (Å²) in [4.78, 5) is 32.8. The van der Waals surface area contributed by atoms with Crippen LogP contribution in [0.1, 0.15) is 27.7 Å². The maximum Gasteiger partial charge on any atom is 0.392 e. The number of nitrogens with zero attached hydrogens (tertiary/aromatic N) is 2. The van der Waals surface area contributed by atoms with Crippen molar-refractivity contribution in [2.24, 2.45) is 0 Å². The Bertz CT molecular complexity index is 712. The van der Waals surface area contributed by atoms with Gasteiger partial charge >= 0.3 is 11.9 Å². The van der Waals surface area contributed by atoms with E-state index in [0.717, 1.165) is 0 Å². The Morgan fingerprint density at radius 1 is 0.806 bits per heavy atom. The highest BCUT2D eigenvalue weighted by Crippen LogP contribution is 2.11. The molecule has 0 saturated carbocycles. The summed E-state index contributed by atoms with van der Waals surface area (Å²) in [5, 5.41) is 0. The number of hydrogen-bond acceptors (Lipinski definition) is 8. The Kier molecular flexibility index (Phi) is 14.9. The lowest BCUT2D eigenvalue weighted by Gasteiger charge is -2.30. The van der Waals surface area contributed by atoms with Gasteiger partial charge in [0.2, 0.25) is 0 Å². The van der Waals surface area contributed by atoms with E-state index >= 15 is 0 Å². The second kappa shape index (κ2) is 13.9.